The van der Waals surface area contributed by atoms with Crippen LogP contribution in [-0.2, 0) is 14.3 Å². The smallest absolute Gasteiger partial charge is 0.248 e. The Morgan fingerprint density at radius 1 is 1.57 bits per heavy atom. The molecular weight excluding hydrogens is 184 g/mol. The Morgan fingerprint density at radius 3 is 2.71 bits per heavy atom. The van der Waals surface area contributed by atoms with Crippen LogP contribution in [-0.4, -0.2) is 57.4 Å². The number of hydrogen-bond donors (Lipinski definition) is 1. The number of nitrogens with two attached hydrogens (primary N) is 1. The lowest BCUT2D eigenvalue weighted by molar-refractivity contribution is -0.135. The van der Waals surface area contributed by atoms with Crippen LogP contribution in [0.4, 0.5) is 0 Å². The highest BCUT2D eigenvalue weighted by molar-refractivity contribution is 5.77. The van der Waals surface area contributed by atoms with Gasteiger partial charge in [0.15, 0.2) is 0 Å². The Balaban J connectivity index is 3.70. The minimum absolute atomic E-state index is 0.0570. The number of likely N-dealkylation sites (N-methyl/N-ethyl adjacent to an activating group) is 1. The lowest BCUT2D eigenvalue weighted by Gasteiger charge is -2.20. The van der Waals surface area contributed by atoms with Gasteiger partial charge in [-0.05, 0) is 6.92 Å². The average molecular weight is 204 g/mol. The largest absolute Gasteiger partial charge is 0.383 e. The summed E-state index contributed by atoms with van der Waals surface area (Å²) in [5, 5.41) is 0. The Labute approximate surface area is 85.1 Å². The van der Waals surface area contributed by atoms with Gasteiger partial charge in [0.1, 0.15) is 6.61 Å². The maximum absolute atomic E-state index is 11.3. The van der Waals surface area contributed by atoms with Gasteiger partial charge in [0.25, 0.3) is 0 Å². The summed E-state index contributed by atoms with van der Waals surface area (Å²) < 4.78 is 9.87. The van der Waals surface area contributed by atoms with Crippen LogP contribution in [0.2, 0.25) is 0 Å². The standard InChI is InChI=1S/C9H20N2O3/c1-4-14-7-9(12)11(2)5-8(10)6-13-3/h8H,4-7,10H2,1-3H3. The topological polar surface area (TPSA) is 64.8 Å². The molecule has 0 heterocycles. The number of amides is 1. The van der Waals surface area contributed by atoms with Gasteiger partial charge < -0.3 is 20.1 Å². The molecule has 0 aromatic heterocycles. The molecule has 0 aromatic carbocycles. The summed E-state index contributed by atoms with van der Waals surface area (Å²) in [6.07, 6.45) is 0. The third-order valence-corrected chi connectivity index (χ3v) is 1.74. The second kappa shape index (κ2) is 7.73. The number of carbonyl (C=O) groups excluding carboxylic acids is 1. The first-order chi connectivity index (χ1) is 6.61. The number of carbonyl (C=O) groups is 1. The van der Waals surface area contributed by atoms with Crippen LogP contribution >= 0.6 is 0 Å². The Hall–Kier alpha value is -0.650. The monoisotopic (exact) mass is 204 g/mol. The highest BCUT2D eigenvalue weighted by Crippen LogP contribution is 1.90. The van der Waals surface area contributed by atoms with E-state index in [1.54, 1.807) is 19.1 Å². The van der Waals surface area contributed by atoms with E-state index in [0.717, 1.165) is 0 Å². The lowest BCUT2D eigenvalue weighted by Crippen LogP contribution is -2.42. The van der Waals surface area contributed by atoms with Crippen molar-refractivity contribution in [1.29, 1.82) is 0 Å². The number of hydrogen-bond acceptors (Lipinski definition) is 4. The van der Waals surface area contributed by atoms with E-state index >= 15 is 0 Å². The predicted octanol–water partition coefficient (Wildman–Crippen LogP) is -0.545. The summed E-state index contributed by atoms with van der Waals surface area (Å²) in [6, 6.07) is -0.143. The van der Waals surface area contributed by atoms with Crippen LogP contribution in [0.15, 0.2) is 0 Å². The molecule has 1 amide bonds. The molecule has 0 rings (SSSR count). The molecule has 0 fully saturated rings. The minimum Gasteiger partial charge on any atom is -0.383 e. The first kappa shape index (κ1) is 13.4. The van der Waals surface area contributed by atoms with Crippen LogP contribution in [0.3, 0.4) is 0 Å². The molecule has 0 aromatic rings. The first-order valence-corrected chi connectivity index (χ1v) is 4.68. The molecule has 0 aliphatic rings. The molecule has 5 nitrogen and oxygen atoms in total. The van der Waals surface area contributed by atoms with Crippen molar-refractivity contribution in [3.63, 3.8) is 0 Å². The molecule has 1 unspecified atom stereocenters. The second-order valence-electron chi connectivity index (χ2n) is 3.13. The van der Waals surface area contributed by atoms with Crippen molar-refractivity contribution in [3.05, 3.63) is 0 Å². The van der Waals surface area contributed by atoms with Crippen molar-refractivity contribution in [2.24, 2.45) is 5.73 Å². The summed E-state index contributed by atoms with van der Waals surface area (Å²) in [5.74, 6) is -0.0570. The summed E-state index contributed by atoms with van der Waals surface area (Å²) in [7, 11) is 3.29. The fraction of sp³-hybridized carbons (Fsp3) is 0.889. The molecule has 0 aliphatic carbocycles. The van der Waals surface area contributed by atoms with Gasteiger partial charge in [0.2, 0.25) is 5.91 Å². The van der Waals surface area contributed by atoms with Crippen molar-refractivity contribution in [1.82, 2.24) is 4.90 Å². The van der Waals surface area contributed by atoms with Crippen LogP contribution < -0.4 is 5.73 Å². The number of methoxy groups -OCH3 is 1. The third kappa shape index (κ3) is 5.90. The van der Waals surface area contributed by atoms with E-state index in [4.69, 9.17) is 15.2 Å². The zero-order chi connectivity index (χ0) is 11.0. The van der Waals surface area contributed by atoms with E-state index in [-0.39, 0.29) is 18.6 Å². The van der Waals surface area contributed by atoms with E-state index in [1.807, 2.05) is 6.92 Å². The highest BCUT2D eigenvalue weighted by atomic mass is 16.5. The molecule has 0 saturated carbocycles. The van der Waals surface area contributed by atoms with Crippen molar-refractivity contribution >= 4 is 5.91 Å². The number of rotatable bonds is 7. The van der Waals surface area contributed by atoms with Gasteiger partial charge in [-0.3, -0.25) is 4.79 Å². The van der Waals surface area contributed by atoms with Gasteiger partial charge in [-0.1, -0.05) is 0 Å². The van der Waals surface area contributed by atoms with E-state index < -0.39 is 0 Å². The van der Waals surface area contributed by atoms with Crippen molar-refractivity contribution < 1.29 is 14.3 Å². The van der Waals surface area contributed by atoms with Gasteiger partial charge in [-0.2, -0.15) is 0 Å². The zero-order valence-corrected chi connectivity index (χ0v) is 9.16. The average Bonchev–Trinajstić information content (AvgIpc) is 2.14. The molecule has 5 heteroatoms. The zero-order valence-electron chi connectivity index (χ0n) is 9.16. The Kier molecular flexibility index (Phi) is 7.37. The summed E-state index contributed by atoms with van der Waals surface area (Å²) in [4.78, 5) is 12.9. The van der Waals surface area contributed by atoms with Crippen molar-refractivity contribution in [3.8, 4) is 0 Å². The molecule has 0 saturated heterocycles. The molecule has 84 valence electrons. The lowest BCUT2D eigenvalue weighted by atomic mass is 10.3. The van der Waals surface area contributed by atoms with Gasteiger partial charge in [-0.15, -0.1) is 0 Å². The predicted molar refractivity (Wildman–Crippen MR) is 54.0 cm³/mol. The van der Waals surface area contributed by atoms with Crippen molar-refractivity contribution in [2.75, 3.05) is 40.5 Å². The van der Waals surface area contributed by atoms with Gasteiger partial charge in [0.05, 0.1) is 6.61 Å². The highest BCUT2D eigenvalue weighted by Gasteiger charge is 2.12. The van der Waals surface area contributed by atoms with E-state index in [2.05, 4.69) is 0 Å². The maximum atomic E-state index is 11.3. The molecule has 14 heavy (non-hydrogen) atoms. The number of nitrogens with zero attached hydrogens (tertiary/aromatic N) is 1. The van der Waals surface area contributed by atoms with Gasteiger partial charge >= 0.3 is 0 Å². The fourth-order valence-electron chi connectivity index (χ4n) is 1.02. The molecule has 0 radical (unpaired) electrons. The molecule has 1 atom stereocenters. The molecule has 0 bridgehead atoms. The quantitative estimate of drug-likeness (QED) is 0.604. The SMILES string of the molecule is CCOCC(=O)N(C)CC(N)COC. The van der Waals surface area contributed by atoms with E-state index in [0.29, 0.717) is 19.8 Å². The van der Waals surface area contributed by atoms with Crippen LogP contribution in [0, 0.1) is 0 Å². The molecule has 2 N–H and O–H groups in total. The number of ether oxygens (including phenoxy) is 2. The minimum atomic E-state index is -0.143. The van der Waals surface area contributed by atoms with E-state index in [9.17, 15) is 4.79 Å². The molecular formula is C9H20N2O3. The summed E-state index contributed by atoms with van der Waals surface area (Å²) in [6.45, 7) is 3.45. The fourth-order valence-corrected chi connectivity index (χ4v) is 1.02. The van der Waals surface area contributed by atoms with Gasteiger partial charge in [-0.25, -0.2) is 0 Å². The second-order valence-corrected chi connectivity index (χ2v) is 3.13. The molecule has 0 spiro atoms. The molecule has 0 aliphatic heterocycles. The van der Waals surface area contributed by atoms with Crippen LogP contribution in [0.1, 0.15) is 6.92 Å². The van der Waals surface area contributed by atoms with Gasteiger partial charge in [0, 0.05) is 33.4 Å². The first-order valence-electron chi connectivity index (χ1n) is 4.68. The van der Waals surface area contributed by atoms with Crippen LogP contribution in [0.5, 0.6) is 0 Å². The summed E-state index contributed by atoms with van der Waals surface area (Å²) in [5.41, 5.74) is 5.69. The Bertz CT molecular complexity index is 164. The van der Waals surface area contributed by atoms with E-state index in [1.165, 1.54) is 0 Å². The Morgan fingerprint density at radius 2 is 2.21 bits per heavy atom. The summed E-state index contributed by atoms with van der Waals surface area (Å²) >= 11 is 0. The third-order valence-electron chi connectivity index (χ3n) is 1.74. The maximum Gasteiger partial charge on any atom is 0.248 e. The van der Waals surface area contributed by atoms with Crippen molar-refractivity contribution in [2.45, 2.75) is 13.0 Å². The normalized spacial score (nSPS) is 12.6. The van der Waals surface area contributed by atoms with Crippen LogP contribution in [0.25, 0.3) is 0 Å².